The van der Waals surface area contributed by atoms with Crippen molar-refractivity contribution in [2.45, 2.75) is 32.5 Å². The quantitative estimate of drug-likeness (QED) is 0.253. The molecule has 5 aromatic rings. The van der Waals surface area contributed by atoms with Crippen molar-refractivity contribution in [1.82, 2.24) is 34.0 Å². The zero-order valence-electron chi connectivity index (χ0n) is 26.8. The average molecular weight is 710 g/mol. The lowest BCUT2D eigenvalue weighted by Crippen LogP contribution is -2.51. The second-order valence-corrected chi connectivity index (χ2v) is 12.3. The molecule has 0 saturated carbocycles. The molecule has 17 heteroatoms. The summed E-state index contributed by atoms with van der Waals surface area (Å²) in [6.07, 6.45) is 1.43. The molecule has 2 amide bonds. The fraction of sp³-hybridized carbons (Fsp3) is 0.333. The van der Waals surface area contributed by atoms with E-state index in [-0.39, 0.29) is 28.9 Å². The molecule has 2 aliphatic heterocycles. The number of halogens is 4. The van der Waals surface area contributed by atoms with Gasteiger partial charge in [-0.25, -0.2) is 0 Å². The number of nitrogens with one attached hydrogen (secondary N) is 2. The summed E-state index contributed by atoms with van der Waals surface area (Å²) in [5.74, 6) is -0.301. The van der Waals surface area contributed by atoms with Gasteiger partial charge in [-0.2, -0.15) is 22.7 Å². The molecule has 0 spiro atoms. The number of alkyl halides is 3. The lowest BCUT2D eigenvalue weighted by Gasteiger charge is -2.37. The number of carbonyl (C=O) groups is 2. The molecule has 0 atom stereocenters. The molecule has 0 radical (unpaired) electrons. The van der Waals surface area contributed by atoms with Gasteiger partial charge in [0, 0.05) is 38.6 Å². The van der Waals surface area contributed by atoms with Crippen LogP contribution in [0.2, 0.25) is 5.02 Å². The second kappa shape index (κ2) is 13.2. The zero-order chi connectivity index (χ0) is 35.2. The first-order chi connectivity index (χ1) is 24.0. The van der Waals surface area contributed by atoms with Crippen molar-refractivity contribution in [3.8, 4) is 0 Å². The summed E-state index contributed by atoms with van der Waals surface area (Å²) in [6, 6.07) is 6.15. The molecule has 2 N–H and O–H groups in total. The molecule has 1 fully saturated rings. The Kier molecular flexibility index (Phi) is 8.82. The molecule has 13 nitrogen and oxygen atoms in total. The first-order valence-electron chi connectivity index (χ1n) is 16.0. The first-order valence-corrected chi connectivity index (χ1v) is 16.3. The van der Waals surface area contributed by atoms with E-state index in [1.165, 1.54) is 4.52 Å². The highest BCUT2D eigenvalue weighted by Gasteiger charge is 2.32. The van der Waals surface area contributed by atoms with E-state index in [1.54, 1.807) is 34.0 Å². The fourth-order valence-electron chi connectivity index (χ4n) is 6.36. The van der Waals surface area contributed by atoms with Crippen molar-refractivity contribution in [3.63, 3.8) is 0 Å². The van der Waals surface area contributed by atoms with Crippen LogP contribution in [0, 0.1) is 0 Å². The lowest BCUT2D eigenvalue weighted by molar-refractivity contribution is -0.137. The number of H-pyrrole nitrogens is 1. The van der Waals surface area contributed by atoms with E-state index in [0.717, 1.165) is 23.8 Å². The van der Waals surface area contributed by atoms with Gasteiger partial charge in [-0.15, -0.1) is 5.10 Å². The molecule has 260 valence electrons. The predicted octanol–water partition coefficient (Wildman–Crippen LogP) is 4.41. The molecule has 4 aromatic heterocycles. The van der Waals surface area contributed by atoms with Crippen molar-refractivity contribution in [1.29, 1.82) is 0 Å². The number of aromatic nitrogens is 6. The topological polar surface area (TPSA) is 143 Å². The number of hydrogen-bond donors (Lipinski definition) is 2. The summed E-state index contributed by atoms with van der Waals surface area (Å²) >= 11 is 6.12. The number of ether oxygens (including phenoxy) is 1. The molecular weight excluding hydrogens is 679 g/mol. The summed E-state index contributed by atoms with van der Waals surface area (Å²) in [4.78, 5) is 56.9. The van der Waals surface area contributed by atoms with Crippen LogP contribution in [0.1, 0.15) is 40.8 Å². The summed E-state index contributed by atoms with van der Waals surface area (Å²) < 4.78 is 47.8. The van der Waals surface area contributed by atoms with Crippen molar-refractivity contribution in [3.05, 3.63) is 86.8 Å². The van der Waals surface area contributed by atoms with Crippen LogP contribution in [0.5, 0.6) is 0 Å². The van der Waals surface area contributed by atoms with E-state index < -0.39 is 23.2 Å². The van der Waals surface area contributed by atoms with Gasteiger partial charge in [0.1, 0.15) is 12.2 Å². The maximum atomic E-state index is 14.2. The number of aromatic amines is 1. The molecule has 7 rings (SSSR count). The molecule has 2 aliphatic rings. The number of anilines is 2. The van der Waals surface area contributed by atoms with E-state index in [2.05, 4.69) is 25.4 Å². The summed E-state index contributed by atoms with van der Waals surface area (Å²) in [5.41, 5.74) is 2.10. The minimum atomic E-state index is -4.60. The molecule has 0 unspecified atom stereocenters. The Morgan fingerprint density at radius 2 is 1.92 bits per heavy atom. The Bertz CT molecular complexity index is 2220. The van der Waals surface area contributed by atoms with Gasteiger partial charge in [-0.05, 0) is 48.7 Å². The van der Waals surface area contributed by atoms with Crippen LogP contribution in [0.4, 0.5) is 24.5 Å². The smallest absolute Gasteiger partial charge is 0.377 e. The summed E-state index contributed by atoms with van der Waals surface area (Å²) in [5, 5.41) is 6.88. The van der Waals surface area contributed by atoms with E-state index in [1.807, 2.05) is 17.9 Å². The van der Waals surface area contributed by atoms with Crippen LogP contribution >= 0.6 is 11.6 Å². The van der Waals surface area contributed by atoms with Gasteiger partial charge in [0.25, 0.3) is 11.5 Å². The maximum Gasteiger partial charge on any atom is 0.416 e. The predicted molar refractivity (Wildman–Crippen MR) is 179 cm³/mol. The Morgan fingerprint density at radius 1 is 1.12 bits per heavy atom. The molecular formula is C33H31ClF3N9O4. The third-order valence-corrected chi connectivity index (χ3v) is 9.16. The van der Waals surface area contributed by atoms with Gasteiger partial charge in [0.2, 0.25) is 11.7 Å². The van der Waals surface area contributed by atoms with Crippen LogP contribution in [0.3, 0.4) is 0 Å². The number of piperazine rings is 1. The number of pyridine rings is 1. The highest BCUT2D eigenvalue weighted by Crippen LogP contribution is 2.34. The van der Waals surface area contributed by atoms with Crippen LogP contribution in [0.15, 0.2) is 53.6 Å². The summed E-state index contributed by atoms with van der Waals surface area (Å²) in [7, 11) is 0. The van der Waals surface area contributed by atoms with Crippen molar-refractivity contribution >= 4 is 57.2 Å². The van der Waals surface area contributed by atoms with Crippen molar-refractivity contribution in [2.75, 3.05) is 49.6 Å². The van der Waals surface area contributed by atoms with Crippen LogP contribution in [-0.2, 0) is 28.7 Å². The van der Waals surface area contributed by atoms with Gasteiger partial charge >= 0.3 is 6.18 Å². The zero-order valence-corrected chi connectivity index (χ0v) is 27.5. The van der Waals surface area contributed by atoms with Crippen molar-refractivity contribution < 1.29 is 27.5 Å². The molecule has 0 aliphatic carbocycles. The van der Waals surface area contributed by atoms with E-state index >= 15 is 0 Å². The number of benzene rings is 1. The number of amides is 2. The third-order valence-electron chi connectivity index (χ3n) is 8.85. The highest BCUT2D eigenvalue weighted by molar-refractivity contribution is 6.33. The molecule has 1 saturated heterocycles. The minimum Gasteiger partial charge on any atom is -0.377 e. The summed E-state index contributed by atoms with van der Waals surface area (Å²) in [6.45, 7) is 3.65. The van der Waals surface area contributed by atoms with E-state index in [9.17, 15) is 27.6 Å². The second-order valence-electron chi connectivity index (χ2n) is 11.9. The normalized spacial score (nSPS) is 15.5. The molecule has 6 heterocycles. The SMILES string of the molecule is CCc1c(N2CCN(C(=O)c3ccnc4cc[nH]c34)CC2)c(=O)n2nc(C3=CCOCC3)nc2n1CC(=O)Nc1ccc(C(F)(F)F)cc1Cl. The number of carbonyl (C=O) groups excluding carboxylic acids is 2. The molecule has 50 heavy (non-hydrogen) atoms. The van der Waals surface area contributed by atoms with Crippen LogP contribution < -0.4 is 15.8 Å². The number of hydrogen-bond acceptors (Lipinski definition) is 8. The Morgan fingerprint density at radius 3 is 2.62 bits per heavy atom. The number of rotatable bonds is 7. The van der Waals surface area contributed by atoms with Crippen molar-refractivity contribution in [2.24, 2.45) is 0 Å². The van der Waals surface area contributed by atoms with Gasteiger partial charge in [-0.1, -0.05) is 24.6 Å². The lowest BCUT2D eigenvalue weighted by atomic mass is 10.1. The van der Waals surface area contributed by atoms with E-state index in [4.69, 9.17) is 16.3 Å². The van der Waals surface area contributed by atoms with Gasteiger partial charge in [0.15, 0.2) is 5.82 Å². The minimum absolute atomic E-state index is 0.00105. The van der Waals surface area contributed by atoms with Gasteiger partial charge in [0.05, 0.1) is 51.8 Å². The Labute approximate surface area is 287 Å². The maximum absolute atomic E-state index is 14.2. The van der Waals surface area contributed by atoms with Crippen LogP contribution in [0.25, 0.3) is 22.4 Å². The molecule has 1 aromatic carbocycles. The highest BCUT2D eigenvalue weighted by atomic mass is 35.5. The molecule has 0 bridgehead atoms. The van der Waals surface area contributed by atoms with Gasteiger partial charge < -0.3 is 29.4 Å². The Hall–Kier alpha value is -5.22. The van der Waals surface area contributed by atoms with Crippen LogP contribution in [-0.4, -0.2) is 85.2 Å². The third kappa shape index (κ3) is 6.20. The monoisotopic (exact) mass is 709 g/mol. The largest absolute Gasteiger partial charge is 0.416 e. The van der Waals surface area contributed by atoms with Gasteiger partial charge in [-0.3, -0.25) is 19.4 Å². The Balaban J connectivity index is 1.22. The fourth-order valence-corrected chi connectivity index (χ4v) is 6.59. The number of nitrogens with zero attached hydrogens (tertiary/aromatic N) is 7. The standard InChI is InChI=1S/C33H31ClF3N9O4/c1-2-25-28(43-11-13-44(14-12-43)30(48)21-5-9-38-24-6-10-39-27(21)24)31(49)46-32(41-29(42-46)19-7-15-50-16-8-19)45(25)18-26(47)40-23-4-3-20(17-22(23)34)33(35,36)37/h3-7,9-10,17,39H,2,8,11-16,18H2,1H3,(H,40,47). The first kappa shape index (κ1) is 33.3. The number of fused-ring (bicyclic) bond motifs is 2. The van der Waals surface area contributed by atoms with E-state index in [0.29, 0.717) is 86.0 Å². The average Bonchev–Trinajstić information content (AvgIpc) is 3.78.